The highest BCUT2D eigenvalue weighted by atomic mass is 79.9. The van der Waals surface area contributed by atoms with Gasteiger partial charge in [0.1, 0.15) is 9.21 Å². The van der Waals surface area contributed by atoms with Crippen LogP contribution in [0.5, 0.6) is 0 Å². The zero-order chi connectivity index (χ0) is 6.73. The first-order valence-corrected chi connectivity index (χ1v) is 3.24. The Hall–Kier alpha value is 0.220. The molecule has 6 heteroatoms. The highest BCUT2D eigenvalue weighted by Crippen LogP contribution is 2.11. The number of nitrogens with two attached hydrogens (primary N) is 3. The fourth-order valence-electron chi connectivity index (χ4n) is 0.123. The van der Waals surface area contributed by atoms with E-state index in [0.717, 1.165) is 5.12 Å². The van der Waals surface area contributed by atoms with Crippen molar-refractivity contribution in [1.29, 1.82) is 0 Å². The summed E-state index contributed by atoms with van der Waals surface area (Å²) in [7, 11) is 0. The van der Waals surface area contributed by atoms with Crippen molar-refractivity contribution in [2.75, 3.05) is 0 Å². The lowest BCUT2D eigenvalue weighted by molar-refractivity contribution is 0.405. The van der Waals surface area contributed by atoms with E-state index in [9.17, 15) is 0 Å². The van der Waals surface area contributed by atoms with E-state index < -0.39 is 0 Å². The quantitative estimate of drug-likeness (QED) is 0.343. The molecule has 0 saturated heterocycles. The molecule has 0 aromatic rings. The van der Waals surface area contributed by atoms with Gasteiger partial charge in [0.25, 0.3) is 0 Å². The molecule has 0 aliphatic heterocycles. The maximum Gasteiger partial charge on any atom is 0.142 e. The van der Waals surface area contributed by atoms with E-state index in [4.69, 9.17) is 17.4 Å². The number of hydrogen-bond donors (Lipinski definition) is 3. The van der Waals surface area contributed by atoms with Gasteiger partial charge in [-0.1, -0.05) is 0 Å². The smallest absolute Gasteiger partial charge is 0.142 e. The Morgan fingerprint density at radius 2 is 1.62 bits per heavy atom. The first-order chi connectivity index (χ1) is 3.55. The normalized spacial score (nSPS) is 13.0. The van der Waals surface area contributed by atoms with Gasteiger partial charge in [0, 0.05) is 0 Å². The summed E-state index contributed by atoms with van der Waals surface area (Å²) in [4.78, 5) is 0. The lowest BCUT2D eigenvalue weighted by atomic mass is 10.9. The summed E-state index contributed by atoms with van der Waals surface area (Å²) in [5.74, 6) is 10.1. The van der Waals surface area contributed by atoms with E-state index in [1.165, 1.54) is 0 Å². The molecule has 0 radical (unpaired) electrons. The first kappa shape index (κ1) is 8.22. The van der Waals surface area contributed by atoms with Crippen molar-refractivity contribution in [3.8, 4) is 0 Å². The largest absolute Gasteiger partial charge is 0.391 e. The van der Waals surface area contributed by atoms with Crippen LogP contribution in [0.4, 0.5) is 0 Å². The Balaban J connectivity index is 4.00. The van der Waals surface area contributed by atoms with Gasteiger partial charge in [-0.05, 0) is 31.9 Å². The predicted octanol–water partition coefficient (Wildman–Crippen LogP) is -0.0891. The van der Waals surface area contributed by atoms with Gasteiger partial charge in [0.2, 0.25) is 0 Å². The molecule has 8 heavy (non-hydrogen) atoms. The Morgan fingerprint density at radius 1 is 1.25 bits per heavy atom. The summed E-state index contributed by atoms with van der Waals surface area (Å²) in [6, 6.07) is 0. The summed E-state index contributed by atoms with van der Waals surface area (Å²) < 4.78 is 0.778. The summed E-state index contributed by atoms with van der Waals surface area (Å²) in [6.45, 7) is 0. The van der Waals surface area contributed by atoms with Crippen LogP contribution in [-0.4, -0.2) is 5.12 Å². The molecule has 0 atom stereocenters. The summed E-state index contributed by atoms with van der Waals surface area (Å²) in [6.07, 6.45) is 0. The van der Waals surface area contributed by atoms with Crippen molar-refractivity contribution in [1.82, 2.24) is 5.12 Å². The molecule has 0 saturated carbocycles. The highest BCUT2D eigenvalue weighted by Gasteiger charge is 1.97. The average Bonchev–Trinajstić information content (AvgIpc) is 1.64. The fraction of sp³-hybridized carbons (Fsp3) is 0. The topological polar surface area (TPSA) is 81.3 Å². The molecular weight excluding hydrogens is 240 g/mol. The van der Waals surface area contributed by atoms with Crippen LogP contribution in [0.1, 0.15) is 0 Å². The molecule has 0 aliphatic carbocycles. The molecule has 0 bridgehead atoms. The second-order valence-electron chi connectivity index (χ2n) is 1.05. The van der Waals surface area contributed by atoms with Crippen LogP contribution in [-0.2, 0) is 0 Å². The Labute approximate surface area is 63.9 Å². The van der Waals surface area contributed by atoms with Gasteiger partial charge in [0.15, 0.2) is 0 Å². The minimum Gasteiger partial charge on any atom is -0.391 e. The summed E-state index contributed by atoms with van der Waals surface area (Å²) in [5.41, 5.74) is 5.18. The lowest BCUT2D eigenvalue weighted by Crippen LogP contribution is -2.35. The number of halogens is 2. The fourth-order valence-corrected chi connectivity index (χ4v) is 0.328. The molecule has 0 fully saturated rings. The minimum atomic E-state index is 0.363. The maximum absolute atomic E-state index is 5.18. The SMILES string of the molecule is N/C(Br)=C(/Br)N(N)N. The zero-order valence-electron chi connectivity index (χ0n) is 3.94. The van der Waals surface area contributed by atoms with E-state index in [1.54, 1.807) is 0 Å². The van der Waals surface area contributed by atoms with Crippen LogP contribution in [0.2, 0.25) is 0 Å². The van der Waals surface area contributed by atoms with Crippen molar-refractivity contribution in [3.63, 3.8) is 0 Å². The number of nitrogens with zero attached hydrogens (tertiary/aromatic N) is 1. The zero-order valence-corrected chi connectivity index (χ0v) is 7.11. The average molecular weight is 246 g/mol. The molecule has 0 aromatic carbocycles. The molecule has 0 aliphatic rings. The van der Waals surface area contributed by atoms with Gasteiger partial charge in [-0.3, -0.25) is 0 Å². The molecule has 4 nitrogen and oxygen atoms in total. The van der Waals surface area contributed by atoms with Gasteiger partial charge in [0.05, 0.1) is 0 Å². The van der Waals surface area contributed by atoms with Crippen LogP contribution in [0.15, 0.2) is 9.21 Å². The van der Waals surface area contributed by atoms with Crippen LogP contribution in [0.25, 0.3) is 0 Å². The van der Waals surface area contributed by atoms with Crippen LogP contribution >= 0.6 is 31.9 Å². The second-order valence-corrected chi connectivity index (χ2v) is 2.65. The van der Waals surface area contributed by atoms with E-state index in [0.29, 0.717) is 9.21 Å². The third-order valence-corrected chi connectivity index (χ3v) is 2.17. The molecule has 0 heterocycles. The van der Waals surface area contributed by atoms with Crippen molar-refractivity contribution in [2.24, 2.45) is 17.4 Å². The summed E-state index contributed by atoms with van der Waals surface area (Å²) >= 11 is 5.94. The first-order valence-electron chi connectivity index (χ1n) is 1.66. The third kappa shape index (κ3) is 2.51. The van der Waals surface area contributed by atoms with Gasteiger partial charge >= 0.3 is 0 Å². The Bertz CT molecular complexity index is 105. The van der Waals surface area contributed by atoms with Gasteiger partial charge in [-0.2, -0.15) is 0 Å². The molecule has 0 unspecified atom stereocenters. The van der Waals surface area contributed by atoms with E-state index in [1.807, 2.05) is 0 Å². The molecule has 6 N–H and O–H groups in total. The number of hydrazine groups is 2. The van der Waals surface area contributed by atoms with Gasteiger partial charge < -0.3 is 5.73 Å². The summed E-state index contributed by atoms with van der Waals surface area (Å²) in [5, 5.41) is 0.865. The molecular formula is C2H6Br2N4. The van der Waals surface area contributed by atoms with Gasteiger partial charge in [-0.15, -0.1) is 0 Å². The minimum absolute atomic E-state index is 0.363. The Kier molecular flexibility index (Phi) is 3.38. The molecule has 0 aromatic heterocycles. The number of hydrogen-bond acceptors (Lipinski definition) is 4. The predicted molar refractivity (Wildman–Crippen MR) is 39.3 cm³/mol. The van der Waals surface area contributed by atoms with Crippen LogP contribution in [0, 0.1) is 0 Å². The Morgan fingerprint density at radius 3 is 1.62 bits per heavy atom. The molecule has 0 amide bonds. The van der Waals surface area contributed by atoms with E-state index in [-0.39, 0.29) is 0 Å². The van der Waals surface area contributed by atoms with Gasteiger partial charge in [-0.25, -0.2) is 16.8 Å². The van der Waals surface area contributed by atoms with Crippen molar-refractivity contribution >= 4 is 31.9 Å². The third-order valence-electron chi connectivity index (χ3n) is 0.424. The van der Waals surface area contributed by atoms with Crippen molar-refractivity contribution in [3.05, 3.63) is 9.21 Å². The van der Waals surface area contributed by atoms with Crippen LogP contribution < -0.4 is 17.4 Å². The molecule has 48 valence electrons. The second kappa shape index (κ2) is 3.29. The molecule has 0 rings (SSSR count). The standard InChI is InChI=1S/C2H6Br2N4/c3-1(5)2(4)8(6)7/h5-7H2/b2-1-. The monoisotopic (exact) mass is 244 g/mol. The van der Waals surface area contributed by atoms with Crippen molar-refractivity contribution in [2.45, 2.75) is 0 Å². The molecule has 0 spiro atoms. The van der Waals surface area contributed by atoms with Crippen LogP contribution in [0.3, 0.4) is 0 Å². The number of rotatable bonds is 1. The van der Waals surface area contributed by atoms with Crippen molar-refractivity contribution < 1.29 is 0 Å². The van der Waals surface area contributed by atoms with E-state index >= 15 is 0 Å². The highest BCUT2D eigenvalue weighted by molar-refractivity contribution is 9.14. The maximum atomic E-state index is 5.18. The lowest BCUT2D eigenvalue weighted by Gasteiger charge is -2.09. The van der Waals surface area contributed by atoms with E-state index in [2.05, 4.69) is 31.9 Å².